The Hall–Kier alpha value is 0.170. The van der Waals surface area contributed by atoms with Gasteiger partial charge in [-0.05, 0) is 85.9 Å². The number of benzene rings is 4. The number of unbranched alkanes of at least 4 members (excludes halogenated alkanes) is 4. The second-order valence-corrected chi connectivity index (χ2v) is 24.7. The van der Waals surface area contributed by atoms with Gasteiger partial charge in [0.15, 0.2) is 0 Å². The summed E-state index contributed by atoms with van der Waals surface area (Å²) in [7, 11) is 4.15. The summed E-state index contributed by atoms with van der Waals surface area (Å²) in [5, 5.41) is 0. The molecule has 0 unspecified atom stereocenters. The molecule has 5 nitrogen and oxygen atoms in total. The van der Waals surface area contributed by atoms with E-state index in [0.29, 0.717) is 0 Å². The molecule has 15 heteroatoms. The zero-order valence-corrected chi connectivity index (χ0v) is 51.8. The fourth-order valence-electron chi connectivity index (χ4n) is 7.61. The summed E-state index contributed by atoms with van der Waals surface area (Å²) in [5.74, 6) is 7.47. The van der Waals surface area contributed by atoms with E-state index in [9.17, 15) is 0 Å². The van der Waals surface area contributed by atoms with Crippen LogP contribution in [0.2, 0.25) is 0 Å². The van der Waals surface area contributed by atoms with Crippen LogP contribution in [0.1, 0.15) is 127 Å². The summed E-state index contributed by atoms with van der Waals surface area (Å²) in [6.07, 6.45) is 15.2. The van der Waals surface area contributed by atoms with E-state index in [1.165, 1.54) is 167 Å². The van der Waals surface area contributed by atoms with E-state index in [4.69, 9.17) is 9.47 Å². The first-order valence-corrected chi connectivity index (χ1v) is 31.9. The van der Waals surface area contributed by atoms with Crippen LogP contribution >= 0.6 is 70.6 Å². The molecule has 4 heterocycles. The van der Waals surface area contributed by atoms with Gasteiger partial charge in [-0.2, -0.15) is 141 Å². The number of hydrogen-bond acceptors (Lipinski definition) is 11. The van der Waals surface area contributed by atoms with Crippen molar-refractivity contribution in [2.75, 3.05) is 103 Å². The van der Waals surface area contributed by atoms with Crippen LogP contribution in [0.25, 0.3) is 0 Å². The fraction of sp³-hybridized carbons (Fsp3) is 0.517. The third-order valence-electron chi connectivity index (χ3n) is 11.7. The average Bonchev–Trinajstić information content (AvgIpc) is 3.43. The quantitative estimate of drug-likeness (QED) is 0.0937. The third kappa shape index (κ3) is 27.3. The molecule has 0 atom stereocenters. The molecule has 4 aliphatic rings. The van der Waals surface area contributed by atoms with Gasteiger partial charge in [-0.15, -0.1) is 12.1 Å². The van der Waals surface area contributed by atoms with Crippen molar-refractivity contribution in [3.63, 3.8) is 0 Å². The number of hydrogen-bond donors (Lipinski definition) is 0. The Morgan fingerprint density at radius 2 is 0.699 bits per heavy atom. The van der Waals surface area contributed by atoms with Crippen LogP contribution in [-0.2, 0) is 9.47 Å². The van der Waals surface area contributed by atoms with E-state index in [2.05, 4.69) is 141 Å². The molecule has 4 aliphatic heterocycles. The number of nitrogens with zero attached hydrogens (tertiary/aromatic N) is 3. The van der Waals surface area contributed by atoms with E-state index < -0.39 is 0 Å². The van der Waals surface area contributed by atoms with Crippen LogP contribution in [0.3, 0.4) is 0 Å². The van der Waals surface area contributed by atoms with E-state index >= 15 is 0 Å². The van der Waals surface area contributed by atoms with Crippen LogP contribution in [0.15, 0.2) is 103 Å². The molecule has 4 aromatic carbocycles. The molecule has 4 aromatic rings. The number of rotatable bonds is 19. The summed E-state index contributed by atoms with van der Waals surface area (Å²) >= 11 is 11.7. The molecule has 0 amide bonds. The van der Waals surface area contributed by atoms with Gasteiger partial charge in [0.2, 0.25) is 0 Å². The molecule has 4 fully saturated rings. The monoisotopic (exact) mass is 1070 g/mol. The Bertz CT molecular complexity index is 1780. The molecule has 4 saturated heterocycles. The van der Waals surface area contributed by atoms with Crippen molar-refractivity contribution in [1.29, 1.82) is 0 Å². The second-order valence-electron chi connectivity index (χ2n) is 17.6. The number of anilines is 3. The summed E-state index contributed by atoms with van der Waals surface area (Å²) in [6, 6.07) is 37.4. The molecule has 0 radical (unpaired) electrons. The predicted octanol–water partition coefficient (Wildman–Crippen LogP) is 5.04. The minimum Gasteiger partial charge on any atom is -0.399 e. The fourth-order valence-corrected chi connectivity index (χ4v) is 14.6. The van der Waals surface area contributed by atoms with Crippen molar-refractivity contribution in [2.24, 2.45) is 0 Å². The Morgan fingerprint density at radius 1 is 0.384 bits per heavy atom. The standard InChI is InChI=1S/C18H28NOS.C18H28NS2.C12H16NS2.C10H11OS.4Li/c2*1-3-5-12-19(13-6-4-2)17-10-8-16(9-11-17)18-20-14-7-15-21-18;1-13(2)11-6-4-10(5-7-11)12-14-8-3-9-15-12;1-2-5-9(6-3-1)10-11-7-4-8-12-10;;;;/h2*8-11H,3-7,12-15H2,1-2H3;4-7H,3,8-9H2,1-2H3;1-3,5-6H,4,7-8H2;;;;/q4*-1;4*+1. The Balaban J connectivity index is 0.000000487. The molecule has 0 bridgehead atoms. The van der Waals surface area contributed by atoms with Gasteiger partial charge in [0, 0.05) is 81.4 Å². The third-order valence-corrected chi connectivity index (χ3v) is 19.3. The van der Waals surface area contributed by atoms with Crippen molar-refractivity contribution < 1.29 is 84.9 Å². The van der Waals surface area contributed by atoms with Crippen molar-refractivity contribution >= 4 is 87.6 Å². The normalized spacial score (nSPS) is 15.1. The SMILES string of the molecule is CCCCN(CCCC)c1ccc([C-]2OCCCS2)cc1.CCCCN(CCCC)c1ccc([C-]2SCCCS2)cc1.CN(C)c1ccc([C-]2SCCCS2)cc1.[Li+].[Li+].[Li+].[Li+].c1ccc([C-]2OCCCS2)cc1. The molecular formula is C58H83Li4N3O2S6. The number of ether oxygens (including phenoxy) is 2. The molecule has 0 spiro atoms. The van der Waals surface area contributed by atoms with Gasteiger partial charge in [-0.1, -0.05) is 105 Å². The summed E-state index contributed by atoms with van der Waals surface area (Å²) in [4.78, 5) is 7.22. The van der Waals surface area contributed by atoms with Gasteiger partial charge in [0.25, 0.3) is 0 Å². The number of thioether (sulfide) groups is 6. The average molecular weight is 1070 g/mol. The minimum absolute atomic E-state index is 0. The second kappa shape index (κ2) is 44.0. The van der Waals surface area contributed by atoms with E-state index in [-0.39, 0.29) is 75.4 Å². The smallest absolute Gasteiger partial charge is 0.399 e. The van der Waals surface area contributed by atoms with Crippen molar-refractivity contribution in [3.8, 4) is 0 Å². The van der Waals surface area contributed by atoms with Gasteiger partial charge < -0.3 is 24.2 Å². The molecule has 73 heavy (non-hydrogen) atoms. The molecule has 0 aromatic heterocycles. The van der Waals surface area contributed by atoms with Crippen molar-refractivity contribution in [1.82, 2.24) is 0 Å². The van der Waals surface area contributed by atoms with Crippen molar-refractivity contribution in [3.05, 3.63) is 145 Å². The van der Waals surface area contributed by atoms with Crippen LogP contribution in [0.5, 0.6) is 0 Å². The maximum Gasteiger partial charge on any atom is 1.00 e. The first kappa shape index (κ1) is 71.2. The van der Waals surface area contributed by atoms with E-state index in [0.717, 1.165) is 43.6 Å². The van der Waals surface area contributed by atoms with Gasteiger partial charge >= 0.3 is 75.4 Å². The summed E-state index contributed by atoms with van der Waals surface area (Å²) in [6.45, 7) is 15.5. The Morgan fingerprint density at radius 3 is 1.01 bits per heavy atom. The molecule has 382 valence electrons. The molecule has 0 saturated carbocycles. The maximum absolute atomic E-state index is 5.76. The molecule has 0 N–H and O–H groups in total. The zero-order valence-electron chi connectivity index (χ0n) is 46.9. The topological polar surface area (TPSA) is 28.2 Å². The van der Waals surface area contributed by atoms with Crippen LogP contribution in [0, 0.1) is 20.0 Å². The van der Waals surface area contributed by atoms with Gasteiger partial charge in [0.1, 0.15) is 0 Å². The van der Waals surface area contributed by atoms with Gasteiger partial charge in [-0.3, -0.25) is 0 Å². The first-order valence-electron chi connectivity index (χ1n) is 26.0. The van der Waals surface area contributed by atoms with E-state index in [1.807, 2.05) is 88.8 Å². The first-order chi connectivity index (χ1) is 33.9. The molecule has 8 rings (SSSR count). The summed E-state index contributed by atoms with van der Waals surface area (Å²) < 4.78 is 14.3. The van der Waals surface area contributed by atoms with Crippen LogP contribution < -0.4 is 90.1 Å². The molecular weight excluding hydrogens is 991 g/mol. The van der Waals surface area contributed by atoms with E-state index in [1.54, 1.807) is 0 Å². The summed E-state index contributed by atoms with van der Waals surface area (Å²) in [5.41, 5.74) is 11.4. The van der Waals surface area contributed by atoms with Crippen molar-refractivity contribution in [2.45, 2.75) is 105 Å². The van der Waals surface area contributed by atoms with Crippen LogP contribution in [0.4, 0.5) is 17.1 Å². The van der Waals surface area contributed by atoms with Gasteiger partial charge in [0.05, 0.1) is 0 Å². The minimum atomic E-state index is 0. The molecule has 0 aliphatic carbocycles. The Kier molecular flexibility index (Phi) is 42.9. The maximum atomic E-state index is 5.76. The largest absolute Gasteiger partial charge is 1.00 e. The van der Waals surface area contributed by atoms with Gasteiger partial charge in [-0.25, -0.2) is 0 Å². The zero-order chi connectivity index (χ0) is 48.7. The predicted molar refractivity (Wildman–Crippen MR) is 319 cm³/mol. The Labute approximate surface area is 519 Å². The van der Waals surface area contributed by atoms with Crippen LogP contribution in [-0.4, -0.2) is 88.0 Å².